The number of rotatable bonds is 4. The zero-order valence-corrected chi connectivity index (χ0v) is 13.5. The first-order valence-corrected chi connectivity index (χ1v) is 7.79. The van der Waals surface area contributed by atoms with E-state index in [1.807, 2.05) is 6.07 Å². The van der Waals surface area contributed by atoms with Crippen molar-refractivity contribution < 1.29 is 19.5 Å². The summed E-state index contributed by atoms with van der Waals surface area (Å²) in [5.41, 5.74) is 2.26. The predicted octanol–water partition coefficient (Wildman–Crippen LogP) is 2.78. The van der Waals surface area contributed by atoms with Gasteiger partial charge in [0.1, 0.15) is 0 Å². The van der Waals surface area contributed by atoms with E-state index < -0.39 is 11.9 Å². The summed E-state index contributed by atoms with van der Waals surface area (Å²) in [4.78, 5) is 36.4. The molecule has 6 heteroatoms. The maximum Gasteiger partial charge on any atom is 0.321 e. The SMILES string of the molecule is CC(CN(C)C(=O)Nc1ccc2c(c1)C(=O)CCCC2)C(=O)O. The van der Waals surface area contributed by atoms with Gasteiger partial charge in [0.05, 0.1) is 5.92 Å². The number of carboxylic acids is 1. The largest absolute Gasteiger partial charge is 0.481 e. The number of hydrogen-bond acceptors (Lipinski definition) is 3. The predicted molar refractivity (Wildman–Crippen MR) is 86.8 cm³/mol. The molecule has 0 saturated carbocycles. The lowest BCUT2D eigenvalue weighted by atomic mass is 10.0. The van der Waals surface area contributed by atoms with E-state index in [4.69, 9.17) is 5.11 Å². The molecule has 0 aliphatic heterocycles. The number of carbonyl (C=O) groups is 3. The number of aryl methyl sites for hydroxylation is 1. The number of amides is 2. The maximum absolute atomic E-state index is 12.1. The van der Waals surface area contributed by atoms with Crippen LogP contribution in [0, 0.1) is 5.92 Å². The first-order valence-electron chi connectivity index (χ1n) is 7.79. The molecule has 0 heterocycles. The molecule has 0 saturated heterocycles. The number of hydrogen-bond donors (Lipinski definition) is 2. The van der Waals surface area contributed by atoms with E-state index in [1.54, 1.807) is 26.1 Å². The number of carbonyl (C=O) groups excluding carboxylic acids is 2. The van der Waals surface area contributed by atoms with Crippen LogP contribution in [0.1, 0.15) is 42.1 Å². The Labute approximate surface area is 135 Å². The van der Waals surface area contributed by atoms with Crippen molar-refractivity contribution in [2.24, 2.45) is 5.92 Å². The van der Waals surface area contributed by atoms with E-state index in [2.05, 4.69) is 5.32 Å². The molecule has 23 heavy (non-hydrogen) atoms. The van der Waals surface area contributed by atoms with Crippen LogP contribution in [0.5, 0.6) is 0 Å². The van der Waals surface area contributed by atoms with Gasteiger partial charge in [0.25, 0.3) is 0 Å². The average molecular weight is 318 g/mol. The fraction of sp³-hybridized carbons (Fsp3) is 0.471. The third-order valence-electron chi connectivity index (χ3n) is 4.08. The van der Waals surface area contributed by atoms with Gasteiger partial charge in [-0.15, -0.1) is 0 Å². The standard InChI is InChI=1S/C17H22N2O4/c1-11(16(21)22)10-19(2)17(23)18-13-8-7-12-5-3-4-6-15(20)14(12)9-13/h7-9,11H,3-6,10H2,1-2H3,(H,18,23)(H,21,22). The quantitative estimate of drug-likeness (QED) is 0.836. The molecule has 2 N–H and O–H groups in total. The number of aliphatic carboxylic acids is 1. The number of carboxylic acid groups (broad SMARTS) is 1. The molecule has 1 unspecified atom stereocenters. The highest BCUT2D eigenvalue weighted by Gasteiger charge is 2.19. The summed E-state index contributed by atoms with van der Waals surface area (Å²) < 4.78 is 0. The van der Waals surface area contributed by atoms with Crippen molar-refractivity contribution in [3.05, 3.63) is 29.3 Å². The summed E-state index contributed by atoms with van der Waals surface area (Å²) in [6, 6.07) is 4.99. The summed E-state index contributed by atoms with van der Waals surface area (Å²) >= 11 is 0. The molecular weight excluding hydrogens is 296 g/mol. The molecule has 0 radical (unpaired) electrons. The molecule has 1 atom stereocenters. The fourth-order valence-corrected chi connectivity index (χ4v) is 2.66. The minimum absolute atomic E-state index is 0.112. The summed E-state index contributed by atoms with van der Waals surface area (Å²) in [6.07, 6.45) is 3.32. The Morgan fingerprint density at radius 2 is 2.00 bits per heavy atom. The van der Waals surface area contributed by atoms with Crippen LogP contribution < -0.4 is 5.32 Å². The van der Waals surface area contributed by atoms with Gasteiger partial charge in [0.2, 0.25) is 0 Å². The second kappa shape index (κ2) is 7.26. The first-order chi connectivity index (χ1) is 10.9. The fourth-order valence-electron chi connectivity index (χ4n) is 2.66. The smallest absolute Gasteiger partial charge is 0.321 e. The Balaban J connectivity index is 2.07. The van der Waals surface area contributed by atoms with Crippen LogP contribution in [-0.4, -0.2) is 41.4 Å². The Kier molecular flexibility index (Phi) is 5.36. The van der Waals surface area contributed by atoms with E-state index in [-0.39, 0.29) is 18.4 Å². The maximum atomic E-state index is 12.1. The highest BCUT2D eigenvalue weighted by Crippen LogP contribution is 2.24. The molecule has 1 aliphatic carbocycles. The molecule has 0 aromatic heterocycles. The molecular formula is C17H22N2O4. The first kappa shape index (κ1) is 17.0. The van der Waals surface area contributed by atoms with Crippen molar-refractivity contribution in [3.8, 4) is 0 Å². The van der Waals surface area contributed by atoms with Crippen molar-refractivity contribution in [2.75, 3.05) is 18.9 Å². The van der Waals surface area contributed by atoms with Crippen LogP contribution in [0.4, 0.5) is 10.5 Å². The van der Waals surface area contributed by atoms with Crippen LogP contribution >= 0.6 is 0 Å². The second-order valence-electron chi connectivity index (χ2n) is 6.05. The number of benzene rings is 1. The van der Waals surface area contributed by atoms with Crippen molar-refractivity contribution >= 4 is 23.5 Å². The second-order valence-corrected chi connectivity index (χ2v) is 6.05. The number of urea groups is 1. The van der Waals surface area contributed by atoms with Gasteiger partial charge < -0.3 is 15.3 Å². The summed E-state index contributed by atoms with van der Waals surface area (Å²) in [6.45, 7) is 1.66. The summed E-state index contributed by atoms with van der Waals surface area (Å²) in [7, 11) is 1.55. The molecule has 0 spiro atoms. The van der Waals surface area contributed by atoms with Crippen LogP contribution in [-0.2, 0) is 11.2 Å². The van der Waals surface area contributed by atoms with E-state index in [0.717, 1.165) is 24.8 Å². The minimum atomic E-state index is -0.944. The van der Waals surface area contributed by atoms with Gasteiger partial charge in [-0.25, -0.2) is 4.79 Å². The van der Waals surface area contributed by atoms with E-state index >= 15 is 0 Å². The van der Waals surface area contributed by atoms with Crippen LogP contribution in [0.15, 0.2) is 18.2 Å². The molecule has 0 fully saturated rings. The van der Waals surface area contributed by atoms with Crippen molar-refractivity contribution in [3.63, 3.8) is 0 Å². The highest BCUT2D eigenvalue weighted by molar-refractivity contribution is 5.99. The lowest BCUT2D eigenvalue weighted by Crippen LogP contribution is -2.36. The number of nitrogens with one attached hydrogen (secondary N) is 1. The number of ketones is 1. The highest BCUT2D eigenvalue weighted by atomic mass is 16.4. The van der Waals surface area contributed by atoms with Crippen LogP contribution in [0.3, 0.4) is 0 Å². The zero-order chi connectivity index (χ0) is 17.0. The van der Waals surface area contributed by atoms with E-state index in [1.165, 1.54) is 4.90 Å². The molecule has 2 rings (SSSR count). The van der Waals surface area contributed by atoms with Crippen LogP contribution in [0.2, 0.25) is 0 Å². The lowest BCUT2D eigenvalue weighted by molar-refractivity contribution is -0.141. The van der Waals surface area contributed by atoms with Gasteiger partial charge in [0.15, 0.2) is 5.78 Å². The Bertz CT molecular complexity index is 627. The Morgan fingerprint density at radius 1 is 1.30 bits per heavy atom. The van der Waals surface area contributed by atoms with Gasteiger partial charge in [-0.1, -0.05) is 13.0 Å². The van der Waals surface area contributed by atoms with Gasteiger partial charge in [-0.2, -0.15) is 0 Å². The number of anilines is 1. The minimum Gasteiger partial charge on any atom is -0.481 e. The summed E-state index contributed by atoms with van der Waals surface area (Å²) in [5.74, 6) is -1.47. The lowest BCUT2D eigenvalue weighted by Gasteiger charge is -2.20. The molecule has 2 amide bonds. The molecule has 1 aromatic rings. The molecule has 1 aliphatic rings. The van der Waals surface area contributed by atoms with Gasteiger partial charge in [-0.05, 0) is 37.0 Å². The van der Waals surface area contributed by atoms with E-state index in [9.17, 15) is 14.4 Å². The zero-order valence-electron chi connectivity index (χ0n) is 13.5. The van der Waals surface area contributed by atoms with Crippen molar-refractivity contribution in [1.29, 1.82) is 0 Å². The Hall–Kier alpha value is -2.37. The molecule has 1 aromatic carbocycles. The molecule has 6 nitrogen and oxygen atoms in total. The third-order valence-corrected chi connectivity index (χ3v) is 4.08. The van der Waals surface area contributed by atoms with Crippen molar-refractivity contribution in [2.45, 2.75) is 32.6 Å². The average Bonchev–Trinajstić information content (AvgIpc) is 2.69. The van der Waals surface area contributed by atoms with Gasteiger partial charge >= 0.3 is 12.0 Å². The topological polar surface area (TPSA) is 86.7 Å². The Morgan fingerprint density at radius 3 is 2.70 bits per heavy atom. The number of nitrogens with zero attached hydrogens (tertiary/aromatic N) is 1. The van der Waals surface area contributed by atoms with Gasteiger partial charge in [0, 0.05) is 31.3 Å². The van der Waals surface area contributed by atoms with E-state index in [0.29, 0.717) is 17.7 Å². The molecule has 0 bridgehead atoms. The molecule has 124 valence electrons. The van der Waals surface area contributed by atoms with Crippen LogP contribution in [0.25, 0.3) is 0 Å². The third kappa shape index (κ3) is 4.31. The van der Waals surface area contributed by atoms with Gasteiger partial charge in [-0.3, -0.25) is 9.59 Å². The number of fused-ring (bicyclic) bond motifs is 1. The monoisotopic (exact) mass is 318 g/mol. The van der Waals surface area contributed by atoms with Crippen molar-refractivity contribution in [1.82, 2.24) is 4.90 Å². The number of Topliss-reactive ketones (excluding diaryl/α,β-unsaturated/α-hetero) is 1. The summed E-state index contributed by atoms with van der Waals surface area (Å²) in [5, 5.41) is 11.6. The normalized spacial score (nSPS) is 15.3.